The van der Waals surface area contributed by atoms with E-state index in [4.69, 9.17) is 0 Å². The van der Waals surface area contributed by atoms with Crippen LogP contribution in [0.1, 0.15) is 58.3 Å². The van der Waals surface area contributed by atoms with Crippen LogP contribution < -0.4 is 11.3 Å². The topological polar surface area (TPSA) is 65.3 Å². The highest BCUT2D eigenvalue weighted by molar-refractivity contribution is 4.56. The number of aryl methyl sites for hydroxylation is 1. The molecule has 0 saturated heterocycles. The van der Waals surface area contributed by atoms with Crippen molar-refractivity contribution >= 4 is 0 Å². The van der Waals surface area contributed by atoms with Crippen LogP contribution in [0.3, 0.4) is 0 Å². The van der Waals surface area contributed by atoms with Crippen LogP contribution in [-0.2, 0) is 6.54 Å². The average Bonchev–Trinajstić information content (AvgIpc) is 2.62. The number of rotatable bonds is 9. The molecule has 1 rings (SSSR count). The van der Waals surface area contributed by atoms with Gasteiger partial charge in [0.2, 0.25) is 0 Å². The summed E-state index contributed by atoms with van der Waals surface area (Å²) in [5.74, 6) is 0. The lowest BCUT2D eigenvalue weighted by atomic mass is 10.1. The van der Waals surface area contributed by atoms with Crippen LogP contribution in [0, 0.1) is 0 Å². The van der Waals surface area contributed by atoms with Gasteiger partial charge in [-0.3, -0.25) is 9.05 Å². The summed E-state index contributed by atoms with van der Waals surface area (Å²) in [6.45, 7) is 2.67. The average molecular weight is 243 g/mol. The standard InChI is InChI=1S/C12H21NO4/c1-2-3-4-5-6-7-8-9-10-13-16-11(14)12(15)17-13/h2-10H2,1H3. The SMILES string of the molecule is CCCCCCCCCCn1oc(=O)c(=O)o1. The summed E-state index contributed by atoms with van der Waals surface area (Å²) in [5, 5.41) is 0. The van der Waals surface area contributed by atoms with Gasteiger partial charge in [-0.15, -0.1) is 0 Å². The van der Waals surface area contributed by atoms with Crippen LogP contribution >= 0.6 is 0 Å². The Hall–Kier alpha value is -1.26. The van der Waals surface area contributed by atoms with Crippen molar-refractivity contribution in [1.29, 1.82) is 0 Å². The number of hydrogen-bond acceptors (Lipinski definition) is 4. The molecule has 1 aromatic rings. The summed E-state index contributed by atoms with van der Waals surface area (Å²) >= 11 is 0. The molecule has 5 heteroatoms. The molecule has 5 nitrogen and oxygen atoms in total. The van der Waals surface area contributed by atoms with Crippen LogP contribution in [0.15, 0.2) is 18.6 Å². The Balaban J connectivity index is 2.01. The van der Waals surface area contributed by atoms with E-state index in [2.05, 4.69) is 16.0 Å². The summed E-state index contributed by atoms with van der Waals surface area (Å²) in [5.41, 5.74) is -1.85. The van der Waals surface area contributed by atoms with E-state index in [9.17, 15) is 9.59 Å². The molecule has 1 heterocycles. The highest BCUT2D eigenvalue weighted by atomic mass is 16.7. The fourth-order valence-corrected chi connectivity index (χ4v) is 1.74. The van der Waals surface area contributed by atoms with Crippen molar-refractivity contribution in [3.63, 3.8) is 0 Å². The minimum absolute atomic E-state index is 0.465. The van der Waals surface area contributed by atoms with E-state index in [0.29, 0.717) is 6.54 Å². The van der Waals surface area contributed by atoms with Crippen molar-refractivity contribution in [2.45, 2.75) is 64.8 Å². The van der Waals surface area contributed by atoms with E-state index in [1.165, 1.54) is 38.5 Å². The molecule has 0 saturated carbocycles. The number of aromatic nitrogens is 1. The zero-order valence-electron chi connectivity index (χ0n) is 10.4. The monoisotopic (exact) mass is 243 g/mol. The van der Waals surface area contributed by atoms with Gasteiger partial charge >= 0.3 is 11.3 Å². The molecule has 0 unspecified atom stereocenters. The van der Waals surface area contributed by atoms with Crippen molar-refractivity contribution < 1.29 is 9.05 Å². The van der Waals surface area contributed by atoms with Gasteiger partial charge in [-0.1, -0.05) is 56.8 Å². The summed E-state index contributed by atoms with van der Waals surface area (Å²) in [7, 11) is 0. The number of unbranched alkanes of at least 4 members (excludes halogenated alkanes) is 7. The van der Waals surface area contributed by atoms with Crippen molar-refractivity contribution in [2.75, 3.05) is 0 Å². The van der Waals surface area contributed by atoms with Gasteiger partial charge in [-0.05, 0) is 6.42 Å². The zero-order chi connectivity index (χ0) is 12.5. The quantitative estimate of drug-likeness (QED) is 0.494. The Labute approximate surface area is 100 Å². The lowest BCUT2D eigenvalue weighted by Gasteiger charge is -2.00. The first-order chi connectivity index (χ1) is 8.24. The molecule has 1 aromatic heterocycles. The van der Waals surface area contributed by atoms with Gasteiger partial charge in [-0.2, -0.15) is 0 Å². The molecule has 0 N–H and O–H groups in total. The maximum atomic E-state index is 10.7. The fraction of sp³-hybridized carbons (Fsp3) is 0.833. The molecule has 0 aliphatic rings. The lowest BCUT2D eigenvalue weighted by Crippen LogP contribution is -2.14. The van der Waals surface area contributed by atoms with Gasteiger partial charge in [0.05, 0.1) is 6.54 Å². The van der Waals surface area contributed by atoms with Crippen LogP contribution in [0.25, 0.3) is 0 Å². The Morgan fingerprint density at radius 1 is 0.824 bits per heavy atom. The lowest BCUT2D eigenvalue weighted by molar-refractivity contribution is 0.0708. The van der Waals surface area contributed by atoms with Crippen molar-refractivity contribution in [2.24, 2.45) is 0 Å². The van der Waals surface area contributed by atoms with Crippen molar-refractivity contribution in [1.82, 2.24) is 4.91 Å². The number of hydrogen-bond donors (Lipinski definition) is 0. The maximum absolute atomic E-state index is 10.7. The molecule has 0 radical (unpaired) electrons. The highest BCUT2D eigenvalue weighted by Crippen LogP contribution is 2.08. The third kappa shape index (κ3) is 5.56. The summed E-state index contributed by atoms with van der Waals surface area (Å²) in [4.78, 5) is 22.3. The van der Waals surface area contributed by atoms with Gasteiger partial charge in [0, 0.05) is 0 Å². The van der Waals surface area contributed by atoms with Crippen LogP contribution in [0.4, 0.5) is 0 Å². The van der Waals surface area contributed by atoms with E-state index >= 15 is 0 Å². The summed E-state index contributed by atoms with van der Waals surface area (Å²) in [6, 6.07) is 0. The first-order valence-corrected chi connectivity index (χ1v) is 6.45. The Morgan fingerprint density at radius 3 is 1.82 bits per heavy atom. The molecule has 0 bridgehead atoms. The van der Waals surface area contributed by atoms with Crippen LogP contribution in [-0.4, -0.2) is 4.91 Å². The van der Waals surface area contributed by atoms with Crippen molar-refractivity contribution in [3.05, 3.63) is 20.8 Å². The summed E-state index contributed by atoms with van der Waals surface area (Å²) in [6.07, 6.45) is 9.57. The molecule has 0 aliphatic heterocycles. The normalized spacial score (nSPS) is 10.9. The van der Waals surface area contributed by atoms with Gasteiger partial charge < -0.3 is 0 Å². The van der Waals surface area contributed by atoms with Crippen molar-refractivity contribution in [3.8, 4) is 0 Å². The predicted octanol–water partition coefficient (Wildman–Crippen LogP) is 2.54. The van der Waals surface area contributed by atoms with E-state index in [1.807, 2.05) is 0 Å². The van der Waals surface area contributed by atoms with Gasteiger partial charge in [-0.25, -0.2) is 9.59 Å². The van der Waals surface area contributed by atoms with Crippen LogP contribution in [0.2, 0.25) is 0 Å². The second-order valence-electron chi connectivity index (χ2n) is 4.29. The molecule has 0 atom stereocenters. The van der Waals surface area contributed by atoms with E-state index in [0.717, 1.165) is 17.8 Å². The molecule has 0 amide bonds. The third-order valence-corrected chi connectivity index (χ3v) is 2.73. The first-order valence-electron chi connectivity index (χ1n) is 6.45. The predicted molar refractivity (Wildman–Crippen MR) is 64.1 cm³/mol. The van der Waals surface area contributed by atoms with Gasteiger partial charge in [0.15, 0.2) is 0 Å². The zero-order valence-corrected chi connectivity index (χ0v) is 10.4. The third-order valence-electron chi connectivity index (χ3n) is 2.73. The number of nitrogens with zero attached hydrogens (tertiary/aromatic N) is 1. The Morgan fingerprint density at radius 2 is 1.29 bits per heavy atom. The molecule has 0 fully saturated rings. The molecular weight excluding hydrogens is 222 g/mol. The molecule has 17 heavy (non-hydrogen) atoms. The summed E-state index contributed by atoms with van der Waals surface area (Å²) < 4.78 is 9.11. The minimum atomic E-state index is -0.926. The molecule has 98 valence electrons. The van der Waals surface area contributed by atoms with E-state index in [-0.39, 0.29) is 0 Å². The fourth-order valence-electron chi connectivity index (χ4n) is 1.74. The minimum Gasteiger partial charge on any atom is -0.298 e. The molecule has 0 aliphatic carbocycles. The molecule has 0 aromatic carbocycles. The Kier molecular flexibility index (Phi) is 6.43. The maximum Gasteiger partial charge on any atom is 0.446 e. The Bertz CT molecular complexity index is 374. The van der Waals surface area contributed by atoms with Gasteiger partial charge in [0.1, 0.15) is 0 Å². The first kappa shape index (κ1) is 13.8. The van der Waals surface area contributed by atoms with Gasteiger partial charge in [0.25, 0.3) is 0 Å². The smallest absolute Gasteiger partial charge is 0.298 e. The largest absolute Gasteiger partial charge is 0.446 e. The second-order valence-corrected chi connectivity index (χ2v) is 4.29. The second kappa shape index (κ2) is 7.92. The molecule has 0 spiro atoms. The highest BCUT2D eigenvalue weighted by Gasteiger charge is 2.03. The van der Waals surface area contributed by atoms with E-state index < -0.39 is 11.3 Å². The van der Waals surface area contributed by atoms with Crippen LogP contribution in [0.5, 0.6) is 0 Å². The molecular formula is C12H21NO4. The van der Waals surface area contributed by atoms with E-state index in [1.54, 1.807) is 0 Å².